The number of benzene rings is 1. The largest absolute Gasteiger partial charge is 0.344 e. The highest BCUT2D eigenvalue weighted by Crippen LogP contribution is 2.19. The molecule has 0 saturated heterocycles. The van der Waals surface area contributed by atoms with E-state index < -0.39 is 10.8 Å². The van der Waals surface area contributed by atoms with Gasteiger partial charge in [0.1, 0.15) is 10.9 Å². The summed E-state index contributed by atoms with van der Waals surface area (Å²) in [5.74, 6) is 0.0316. The van der Waals surface area contributed by atoms with E-state index in [9.17, 15) is 9.00 Å². The first kappa shape index (κ1) is 15.4. The lowest BCUT2D eigenvalue weighted by Gasteiger charge is -2.17. The molecule has 1 aromatic carbocycles. The highest BCUT2D eigenvalue weighted by molar-refractivity contribution is 7.84. The van der Waals surface area contributed by atoms with E-state index in [0.717, 1.165) is 5.56 Å². The van der Waals surface area contributed by atoms with E-state index in [2.05, 4.69) is 5.32 Å². The standard InChI is InChI=1S/C15H14N2O2S2/c1-21(19)10-13(11-5-3-2-4-6-11)17-15(18)14-12(9-16)7-8-20-14/h2-8,13H,10H2,1H3,(H,17,18)/t13-,21-/m1/s1. The molecule has 2 aromatic rings. The van der Waals surface area contributed by atoms with Crippen LogP contribution in [0.4, 0.5) is 0 Å². The predicted octanol–water partition coefficient (Wildman–Crippen LogP) is 2.47. The van der Waals surface area contributed by atoms with Gasteiger partial charge < -0.3 is 5.32 Å². The zero-order valence-electron chi connectivity index (χ0n) is 11.4. The van der Waals surface area contributed by atoms with Crippen molar-refractivity contribution in [1.29, 1.82) is 5.26 Å². The Morgan fingerprint density at radius 2 is 2.10 bits per heavy atom. The Hall–Kier alpha value is -1.97. The summed E-state index contributed by atoms with van der Waals surface area (Å²) in [6.45, 7) is 0. The highest BCUT2D eigenvalue weighted by atomic mass is 32.2. The van der Waals surface area contributed by atoms with Crippen molar-refractivity contribution < 1.29 is 9.00 Å². The lowest BCUT2D eigenvalue weighted by molar-refractivity contribution is 0.0944. The molecule has 6 heteroatoms. The first-order valence-corrected chi connectivity index (χ1v) is 8.86. The van der Waals surface area contributed by atoms with Gasteiger partial charge >= 0.3 is 0 Å². The summed E-state index contributed by atoms with van der Waals surface area (Å²) in [6, 6.07) is 12.7. The van der Waals surface area contributed by atoms with Crippen molar-refractivity contribution in [2.24, 2.45) is 0 Å². The quantitative estimate of drug-likeness (QED) is 0.920. The number of thiophene rings is 1. The number of nitriles is 1. The van der Waals surface area contributed by atoms with Crippen molar-refractivity contribution in [3.63, 3.8) is 0 Å². The summed E-state index contributed by atoms with van der Waals surface area (Å²) in [5, 5.41) is 13.6. The van der Waals surface area contributed by atoms with Crippen molar-refractivity contribution in [2.75, 3.05) is 12.0 Å². The molecule has 0 spiro atoms. The fourth-order valence-corrected chi connectivity index (χ4v) is 3.43. The molecule has 1 N–H and O–H groups in total. The molecule has 2 atom stereocenters. The van der Waals surface area contributed by atoms with E-state index in [4.69, 9.17) is 5.26 Å². The first-order chi connectivity index (χ1) is 10.1. The van der Waals surface area contributed by atoms with Gasteiger partial charge in [0.05, 0.1) is 11.6 Å². The van der Waals surface area contributed by atoms with E-state index in [1.165, 1.54) is 11.3 Å². The van der Waals surface area contributed by atoms with E-state index >= 15 is 0 Å². The molecule has 21 heavy (non-hydrogen) atoms. The molecule has 4 nitrogen and oxygen atoms in total. The summed E-state index contributed by atoms with van der Waals surface area (Å²) in [4.78, 5) is 12.7. The van der Waals surface area contributed by atoms with Crippen molar-refractivity contribution >= 4 is 28.0 Å². The molecule has 0 aliphatic rings. The number of rotatable bonds is 5. The minimum Gasteiger partial charge on any atom is -0.344 e. The number of hydrogen-bond donors (Lipinski definition) is 1. The van der Waals surface area contributed by atoms with E-state index in [1.54, 1.807) is 17.7 Å². The number of nitrogens with zero attached hydrogens (tertiary/aromatic N) is 1. The number of nitrogens with one attached hydrogen (secondary N) is 1. The van der Waals surface area contributed by atoms with Crippen LogP contribution in [-0.4, -0.2) is 22.1 Å². The van der Waals surface area contributed by atoms with Crippen LogP contribution < -0.4 is 5.32 Å². The van der Waals surface area contributed by atoms with Crippen LogP contribution in [0, 0.1) is 11.3 Å². The van der Waals surface area contributed by atoms with Gasteiger partial charge in [-0.2, -0.15) is 5.26 Å². The maximum absolute atomic E-state index is 12.3. The smallest absolute Gasteiger partial charge is 0.263 e. The molecule has 2 rings (SSSR count). The van der Waals surface area contributed by atoms with Gasteiger partial charge in [-0.05, 0) is 17.0 Å². The maximum Gasteiger partial charge on any atom is 0.263 e. The molecule has 0 unspecified atom stereocenters. The molecule has 1 aromatic heterocycles. The Balaban J connectivity index is 2.22. The highest BCUT2D eigenvalue weighted by Gasteiger charge is 2.19. The van der Waals surface area contributed by atoms with E-state index in [0.29, 0.717) is 16.2 Å². The summed E-state index contributed by atoms with van der Waals surface area (Å²) in [5.41, 5.74) is 1.26. The van der Waals surface area contributed by atoms with Crippen LogP contribution in [0.2, 0.25) is 0 Å². The zero-order chi connectivity index (χ0) is 15.2. The summed E-state index contributed by atoms with van der Waals surface area (Å²) < 4.78 is 11.5. The van der Waals surface area contributed by atoms with Crippen LogP contribution in [0.1, 0.15) is 26.8 Å². The second-order valence-electron chi connectivity index (χ2n) is 4.45. The van der Waals surface area contributed by atoms with Gasteiger partial charge in [-0.15, -0.1) is 11.3 Å². The average Bonchev–Trinajstić information content (AvgIpc) is 2.95. The van der Waals surface area contributed by atoms with Crippen LogP contribution in [-0.2, 0) is 10.8 Å². The molecule has 0 bridgehead atoms. The second-order valence-corrected chi connectivity index (χ2v) is 6.85. The maximum atomic E-state index is 12.3. The Morgan fingerprint density at radius 3 is 2.71 bits per heavy atom. The first-order valence-electron chi connectivity index (χ1n) is 6.25. The monoisotopic (exact) mass is 318 g/mol. The van der Waals surface area contributed by atoms with Gasteiger partial charge in [0.15, 0.2) is 0 Å². The van der Waals surface area contributed by atoms with Crippen LogP contribution in [0.3, 0.4) is 0 Å². The van der Waals surface area contributed by atoms with Crippen LogP contribution >= 0.6 is 11.3 Å². The van der Waals surface area contributed by atoms with Gasteiger partial charge in [-0.3, -0.25) is 9.00 Å². The van der Waals surface area contributed by atoms with Gasteiger partial charge in [0, 0.05) is 22.8 Å². The normalized spacial score (nSPS) is 13.1. The number of hydrogen-bond acceptors (Lipinski definition) is 4. The minimum absolute atomic E-state index is 0.305. The Morgan fingerprint density at radius 1 is 1.38 bits per heavy atom. The minimum atomic E-state index is -1.04. The molecule has 1 amide bonds. The average molecular weight is 318 g/mol. The van der Waals surface area contributed by atoms with Crippen LogP contribution in [0.5, 0.6) is 0 Å². The predicted molar refractivity (Wildman–Crippen MR) is 84.6 cm³/mol. The fraction of sp³-hybridized carbons (Fsp3) is 0.200. The van der Waals surface area contributed by atoms with Gasteiger partial charge in [0.2, 0.25) is 0 Å². The number of carbonyl (C=O) groups is 1. The molecule has 1 heterocycles. The lowest BCUT2D eigenvalue weighted by Crippen LogP contribution is -2.31. The summed E-state index contributed by atoms with van der Waals surface area (Å²) >= 11 is 1.23. The number of amides is 1. The van der Waals surface area contributed by atoms with Crippen molar-refractivity contribution in [3.8, 4) is 6.07 Å². The topological polar surface area (TPSA) is 70.0 Å². The third-order valence-corrected chi connectivity index (χ3v) is 4.62. The Bertz CT molecular complexity index is 689. The van der Waals surface area contributed by atoms with Crippen molar-refractivity contribution in [1.82, 2.24) is 5.32 Å². The van der Waals surface area contributed by atoms with Crippen LogP contribution in [0.25, 0.3) is 0 Å². The van der Waals surface area contributed by atoms with E-state index in [1.807, 2.05) is 36.4 Å². The lowest BCUT2D eigenvalue weighted by atomic mass is 10.1. The fourth-order valence-electron chi connectivity index (χ4n) is 1.94. The molecule has 108 valence electrons. The summed E-state index contributed by atoms with van der Waals surface area (Å²) in [7, 11) is -1.04. The van der Waals surface area contributed by atoms with Gasteiger partial charge in [-0.1, -0.05) is 30.3 Å². The molecular weight excluding hydrogens is 304 g/mol. The Kier molecular flexibility index (Phi) is 5.26. The Labute approximate surface area is 129 Å². The van der Waals surface area contributed by atoms with Crippen molar-refractivity contribution in [3.05, 3.63) is 57.8 Å². The van der Waals surface area contributed by atoms with Crippen LogP contribution in [0.15, 0.2) is 41.8 Å². The molecular formula is C15H14N2O2S2. The molecule has 0 radical (unpaired) electrons. The summed E-state index contributed by atoms with van der Waals surface area (Å²) in [6.07, 6.45) is 1.61. The SMILES string of the molecule is C[S@@](=O)C[C@@H](NC(=O)c1sccc1C#N)c1ccccc1. The molecule has 0 fully saturated rings. The van der Waals surface area contributed by atoms with Gasteiger partial charge in [-0.25, -0.2) is 0 Å². The zero-order valence-corrected chi connectivity index (χ0v) is 13.0. The van der Waals surface area contributed by atoms with E-state index in [-0.39, 0.29) is 11.9 Å². The third-order valence-electron chi connectivity index (χ3n) is 2.90. The molecule has 0 aliphatic heterocycles. The van der Waals surface area contributed by atoms with Crippen molar-refractivity contribution in [2.45, 2.75) is 6.04 Å². The number of carbonyl (C=O) groups excluding carboxylic acids is 1. The second kappa shape index (κ2) is 7.16. The molecule has 0 aliphatic carbocycles. The molecule has 0 saturated carbocycles. The van der Waals surface area contributed by atoms with Gasteiger partial charge in [0.25, 0.3) is 5.91 Å². The third kappa shape index (κ3) is 4.00.